The van der Waals surface area contributed by atoms with Crippen LogP contribution in [0.4, 0.5) is 5.82 Å². The fourth-order valence-electron chi connectivity index (χ4n) is 0.707. The Morgan fingerprint density at radius 3 is 2.75 bits per heavy atom. The Balaban J connectivity index is 2.59. The van der Waals surface area contributed by atoms with Crippen molar-refractivity contribution in [3.8, 4) is 0 Å². The van der Waals surface area contributed by atoms with Crippen LogP contribution in [0.3, 0.4) is 0 Å². The molecule has 0 radical (unpaired) electrons. The maximum atomic E-state index is 11.2. The lowest BCUT2D eigenvalue weighted by Crippen LogP contribution is -2.18. The third-order valence-corrected chi connectivity index (χ3v) is 1.44. The number of hydrogen-bond acceptors (Lipinski definition) is 2. The third kappa shape index (κ3) is 2.34. The molecule has 0 aliphatic heterocycles. The van der Waals surface area contributed by atoms with E-state index in [0.29, 0.717) is 5.82 Å². The van der Waals surface area contributed by atoms with Crippen LogP contribution in [0.5, 0.6) is 0 Å². The van der Waals surface area contributed by atoms with E-state index in [9.17, 15) is 4.79 Å². The predicted molar refractivity (Wildman–Crippen MR) is 47.7 cm³/mol. The van der Waals surface area contributed by atoms with E-state index in [-0.39, 0.29) is 11.8 Å². The molecule has 0 bridgehead atoms. The molecular formula is C9H12N2O. The van der Waals surface area contributed by atoms with Gasteiger partial charge in [-0.1, -0.05) is 19.9 Å². The van der Waals surface area contributed by atoms with Crippen LogP contribution in [0.2, 0.25) is 0 Å². The predicted octanol–water partition coefficient (Wildman–Crippen LogP) is 1.68. The maximum absolute atomic E-state index is 11.2. The summed E-state index contributed by atoms with van der Waals surface area (Å²) >= 11 is 0. The van der Waals surface area contributed by atoms with Crippen LogP contribution in [0, 0.1) is 5.92 Å². The summed E-state index contributed by atoms with van der Waals surface area (Å²) in [6, 6.07) is 5.41. The van der Waals surface area contributed by atoms with Crippen LogP contribution in [-0.4, -0.2) is 10.9 Å². The van der Waals surface area contributed by atoms with Gasteiger partial charge in [-0.25, -0.2) is 4.98 Å². The summed E-state index contributed by atoms with van der Waals surface area (Å²) in [6.07, 6.45) is 1.65. The van der Waals surface area contributed by atoms with Gasteiger partial charge in [-0.2, -0.15) is 0 Å². The van der Waals surface area contributed by atoms with Gasteiger partial charge < -0.3 is 5.32 Å². The summed E-state index contributed by atoms with van der Waals surface area (Å²) in [6.45, 7) is 3.69. The van der Waals surface area contributed by atoms with Crippen molar-refractivity contribution in [1.29, 1.82) is 0 Å². The van der Waals surface area contributed by atoms with Gasteiger partial charge in [0.05, 0.1) is 0 Å². The highest BCUT2D eigenvalue weighted by atomic mass is 16.1. The molecule has 12 heavy (non-hydrogen) atoms. The van der Waals surface area contributed by atoms with Gasteiger partial charge in [0.2, 0.25) is 5.91 Å². The lowest BCUT2D eigenvalue weighted by atomic mass is 10.2. The zero-order valence-corrected chi connectivity index (χ0v) is 7.24. The number of pyridine rings is 1. The average molecular weight is 164 g/mol. The second kappa shape index (κ2) is 3.85. The lowest BCUT2D eigenvalue weighted by molar-refractivity contribution is -0.118. The molecule has 1 N–H and O–H groups in total. The highest BCUT2D eigenvalue weighted by Crippen LogP contribution is 2.02. The van der Waals surface area contributed by atoms with Gasteiger partial charge >= 0.3 is 0 Å². The highest BCUT2D eigenvalue weighted by Gasteiger charge is 2.06. The van der Waals surface area contributed by atoms with Crippen LogP contribution in [0.25, 0.3) is 0 Å². The molecule has 0 spiro atoms. The van der Waals surface area contributed by atoms with Gasteiger partial charge in [0.15, 0.2) is 0 Å². The summed E-state index contributed by atoms with van der Waals surface area (Å²) in [7, 11) is 0. The molecular weight excluding hydrogens is 152 g/mol. The van der Waals surface area contributed by atoms with E-state index in [1.807, 2.05) is 26.0 Å². The Kier molecular flexibility index (Phi) is 2.80. The van der Waals surface area contributed by atoms with E-state index >= 15 is 0 Å². The molecule has 0 saturated carbocycles. The van der Waals surface area contributed by atoms with E-state index < -0.39 is 0 Å². The van der Waals surface area contributed by atoms with E-state index in [1.54, 1.807) is 12.3 Å². The molecule has 3 heteroatoms. The Hall–Kier alpha value is -1.38. The first-order valence-electron chi connectivity index (χ1n) is 3.92. The molecule has 1 amide bonds. The SMILES string of the molecule is CC(C)C(=O)Nc1ccccn1. The molecule has 0 unspecified atom stereocenters. The minimum atomic E-state index is -0.00740. The average Bonchev–Trinajstić information content (AvgIpc) is 2.06. The van der Waals surface area contributed by atoms with E-state index in [0.717, 1.165) is 0 Å². The number of aromatic nitrogens is 1. The Morgan fingerprint density at radius 1 is 1.50 bits per heavy atom. The van der Waals surface area contributed by atoms with Crippen molar-refractivity contribution in [1.82, 2.24) is 4.98 Å². The largest absolute Gasteiger partial charge is 0.310 e. The minimum absolute atomic E-state index is 0.00583. The van der Waals surface area contributed by atoms with Crippen molar-refractivity contribution in [3.63, 3.8) is 0 Å². The van der Waals surface area contributed by atoms with Crippen molar-refractivity contribution in [2.45, 2.75) is 13.8 Å². The molecule has 0 saturated heterocycles. The van der Waals surface area contributed by atoms with E-state index in [1.165, 1.54) is 0 Å². The first-order chi connectivity index (χ1) is 5.70. The van der Waals surface area contributed by atoms with E-state index in [2.05, 4.69) is 10.3 Å². The molecule has 1 heterocycles. The van der Waals surface area contributed by atoms with E-state index in [4.69, 9.17) is 0 Å². The number of carbonyl (C=O) groups excluding carboxylic acids is 1. The molecule has 1 aromatic rings. The number of rotatable bonds is 2. The van der Waals surface area contributed by atoms with Crippen molar-refractivity contribution in [2.75, 3.05) is 5.32 Å². The Morgan fingerprint density at radius 2 is 2.25 bits per heavy atom. The molecule has 0 aromatic carbocycles. The number of nitrogens with zero attached hydrogens (tertiary/aromatic N) is 1. The van der Waals surface area contributed by atoms with Crippen molar-refractivity contribution in [2.24, 2.45) is 5.92 Å². The number of anilines is 1. The number of nitrogens with one attached hydrogen (secondary N) is 1. The Labute approximate surface area is 71.8 Å². The van der Waals surface area contributed by atoms with Gasteiger partial charge in [0.1, 0.15) is 5.82 Å². The number of hydrogen-bond donors (Lipinski definition) is 1. The van der Waals surface area contributed by atoms with Gasteiger partial charge in [-0.05, 0) is 12.1 Å². The van der Waals surface area contributed by atoms with Gasteiger partial charge in [-0.3, -0.25) is 4.79 Å². The smallest absolute Gasteiger partial charge is 0.228 e. The zero-order chi connectivity index (χ0) is 8.97. The summed E-state index contributed by atoms with van der Waals surface area (Å²) in [5.41, 5.74) is 0. The van der Waals surface area contributed by atoms with Gasteiger partial charge in [0, 0.05) is 12.1 Å². The first-order valence-corrected chi connectivity index (χ1v) is 3.92. The lowest BCUT2D eigenvalue weighted by Gasteiger charge is -2.05. The van der Waals surface area contributed by atoms with Crippen LogP contribution in [0.1, 0.15) is 13.8 Å². The zero-order valence-electron chi connectivity index (χ0n) is 7.24. The molecule has 0 aliphatic rings. The van der Waals surface area contributed by atoms with Crippen molar-refractivity contribution < 1.29 is 4.79 Å². The molecule has 1 rings (SSSR count). The second-order valence-electron chi connectivity index (χ2n) is 2.86. The molecule has 0 aliphatic carbocycles. The fraction of sp³-hybridized carbons (Fsp3) is 0.333. The molecule has 3 nitrogen and oxygen atoms in total. The van der Waals surface area contributed by atoms with Gasteiger partial charge in [-0.15, -0.1) is 0 Å². The monoisotopic (exact) mass is 164 g/mol. The number of amides is 1. The fourth-order valence-corrected chi connectivity index (χ4v) is 0.707. The molecule has 0 fully saturated rings. The minimum Gasteiger partial charge on any atom is -0.310 e. The van der Waals surface area contributed by atoms with Crippen LogP contribution in [0.15, 0.2) is 24.4 Å². The van der Waals surface area contributed by atoms with Crippen LogP contribution in [-0.2, 0) is 4.79 Å². The topological polar surface area (TPSA) is 42.0 Å². The summed E-state index contributed by atoms with van der Waals surface area (Å²) in [5, 5.41) is 2.69. The van der Waals surface area contributed by atoms with Crippen LogP contribution >= 0.6 is 0 Å². The molecule has 1 aromatic heterocycles. The first kappa shape index (κ1) is 8.71. The Bertz CT molecular complexity index is 256. The standard InChI is InChI=1S/C9H12N2O/c1-7(2)9(12)11-8-5-3-4-6-10-8/h3-7H,1-2H3,(H,10,11,12). The third-order valence-electron chi connectivity index (χ3n) is 1.44. The second-order valence-corrected chi connectivity index (χ2v) is 2.86. The van der Waals surface area contributed by atoms with Gasteiger partial charge in [0.25, 0.3) is 0 Å². The maximum Gasteiger partial charge on any atom is 0.228 e. The normalized spacial score (nSPS) is 9.92. The number of carbonyl (C=O) groups is 1. The summed E-state index contributed by atoms with van der Waals surface area (Å²) in [5.74, 6) is 0.594. The highest BCUT2D eigenvalue weighted by molar-refractivity contribution is 5.91. The molecule has 64 valence electrons. The van der Waals surface area contributed by atoms with Crippen molar-refractivity contribution >= 4 is 11.7 Å². The van der Waals surface area contributed by atoms with Crippen molar-refractivity contribution in [3.05, 3.63) is 24.4 Å². The van der Waals surface area contributed by atoms with Crippen LogP contribution < -0.4 is 5.32 Å². The summed E-state index contributed by atoms with van der Waals surface area (Å²) in [4.78, 5) is 15.1. The quantitative estimate of drug-likeness (QED) is 0.722. The summed E-state index contributed by atoms with van der Waals surface area (Å²) < 4.78 is 0. The molecule has 0 atom stereocenters.